The van der Waals surface area contributed by atoms with Crippen molar-refractivity contribution in [2.24, 2.45) is 0 Å². The molecule has 1 saturated heterocycles. The highest BCUT2D eigenvalue weighted by Gasteiger charge is 2.45. The third-order valence-corrected chi connectivity index (χ3v) is 11.3. The van der Waals surface area contributed by atoms with Gasteiger partial charge in [0.2, 0.25) is 17.7 Å². The summed E-state index contributed by atoms with van der Waals surface area (Å²) in [6.45, 7) is 4.95. The maximum Gasteiger partial charge on any atom is 0.263 e. The Kier molecular flexibility index (Phi) is 16.3. The number of carbonyl (C=O) groups excluding carboxylic acids is 5. The van der Waals surface area contributed by atoms with Gasteiger partial charge in [-0.25, -0.2) is 0 Å². The molecule has 2 aliphatic rings. The molecule has 6 rings (SSSR count). The lowest BCUT2D eigenvalue weighted by atomic mass is 9.88. The van der Waals surface area contributed by atoms with Gasteiger partial charge in [-0.1, -0.05) is 67.6 Å². The second-order valence-corrected chi connectivity index (χ2v) is 15.5. The molecule has 1 unspecified atom stereocenters. The zero-order valence-corrected chi connectivity index (χ0v) is 35.2. The predicted octanol–water partition coefficient (Wildman–Crippen LogP) is 6.23. The number of amides is 5. The molecule has 0 radical (unpaired) electrons. The van der Waals surface area contributed by atoms with Crippen molar-refractivity contribution >= 4 is 52.4 Å². The molecular formula is C47H51N3O10S. The summed E-state index contributed by atoms with van der Waals surface area (Å²) >= 11 is 1.38. The molecule has 2 heterocycles. The van der Waals surface area contributed by atoms with E-state index < -0.39 is 29.7 Å². The fourth-order valence-electron chi connectivity index (χ4n) is 7.16. The minimum absolute atomic E-state index is 0.0501. The van der Waals surface area contributed by atoms with Crippen LogP contribution in [0.1, 0.15) is 70.0 Å². The van der Waals surface area contributed by atoms with Crippen molar-refractivity contribution in [3.8, 4) is 11.5 Å². The van der Waals surface area contributed by atoms with Gasteiger partial charge in [0.05, 0.1) is 63.7 Å². The van der Waals surface area contributed by atoms with E-state index in [1.807, 2.05) is 54.6 Å². The number of rotatable bonds is 22. The summed E-state index contributed by atoms with van der Waals surface area (Å²) in [5.41, 5.74) is 6.00. The van der Waals surface area contributed by atoms with Crippen molar-refractivity contribution < 1.29 is 48.0 Å². The van der Waals surface area contributed by atoms with Gasteiger partial charge in [-0.2, -0.15) is 0 Å². The Bertz CT molecular complexity index is 2190. The molecule has 1 fully saturated rings. The normalized spacial score (nSPS) is 15.4. The molecule has 14 heteroatoms. The second-order valence-electron chi connectivity index (χ2n) is 14.4. The molecule has 4 aromatic rings. The third-order valence-electron chi connectivity index (χ3n) is 10.3. The maximum absolute atomic E-state index is 13.2. The molecule has 61 heavy (non-hydrogen) atoms. The number of aromatic hydroxyl groups is 1. The maximum atomic E-state index is 13.2. The van der Waals surface area contributed by atoms with E-state index in [1.165, 1.54) is 17.3 Å². The lowest BCUT2D eigenvalue weighted by molar-refractivity contribution is -0.136. The Morgan fingerprint density at radius 1 is 0.770 bits per heavy atom. The minimum atomic E-state index is -1.01. The first-order valence-electron chi connectivity index (χ1n) is 20.4. The van der Waals surface area contributed by atoms with Crippen molar-refractivity contribution in [2.75, 3.05) is 65.6 Å². The van der Waals surface area contributed by atoms with Crippen LogP contribution in [0.3, 0.4) is 0 Å². The van der Waals surface area contributed by atoms with E-state index >= 15 is 0 Å². The molecule has 0 spiro atoms. The molecule has 0 aliphatic carbocycles. The zero-order chi connectivity index (χ0) is 43.1. The lowest BCUT2D eigenvalue weighted by Crippen LogP contribution is -2.54. The number of hydrogen-bond acceptors (Lipinski definition) is 11. The van der Waals surface area contributed by atoms with Crippen LogP contribution in [0.5, 0.6) is 11.5 Å². The quantitative estimate of drug-likeness (QED) is 0.0399. The minimum Gasteiger partial charge on any atom is -0.508 e. The number of hydrogen-bond donors (Lipinski definition) is 2. The second kappa shape index (κ2) is 22.2. The van der Waals surface area contributed by atoms with Gasteiger partial charge in [-0.05, 0) is 77.1 Å². The first-order valence-corrected chi connectivity index (χ1v) is 21.4. The van der Waals surface area contributed by atoms with Crippen LogP contribution in [0, 0.1) is 0 Å². The molecule has 2 aliphatic heterocycles. The number of carbonyl (C=O) groups is 5. The van der Waals surface area contributed by atoms with Crippen LogP contribution in [0.25, 0.3) is 11.1 Å². The summed E-state index contributed by atoms with van der Waals surface area (Å²) in [6, 6.07) is 29.5. The van der Waals surface area contributed by atoms with Gasteiger partial charge in [-0.15, -0.1) is 11.8 Å². The van der Waals surface area contributed by atoms with E-state index in [9.17, 15) is 29.1 Å². The van der Waals surface area contributed by atoms with Crippen molar-refractivity contribution in [2.45, 2.75) is 43.5 Å². The van der Waals surface area contributed by atoms with E-state index in [1.54, 1.807) is 42.3 Å². The Balaban J connectivity index is 0.826. The van der Waals surface area contributed by atoms with E-state index in [4.69, 9.17) is 18.9 Å². The van der Waals surface area contributed by atoms with Gasteiger partial charge in [0.25, 0.3) is 11.8 Å². The van der Waals surface area contributed by atoms with Gasteiger partial charge in [0.1, 0.15) is 24.1 Å². The Morgan fingerprint density at radius 2 is 1.43 bits per heavy atom. The standard InChI is InChI=1S/C47H51N3O10S/c1-3-37(32-8-5-4-6-9-32)43(33-12-16-35(51)17-13-33)34-14-18-36(19-15-34)60-25-23-49(2)42(53)22-24-57-26-27-58-28-29-59-30-31-61-40-11-7-10-38-44(40)47(56)50(46(38)55)39-20-21-41(52)48-45(39)54/h4-19,39,51H,3,20-31H2,1-2H3,(H,48,52,54)/b43-37-. The highest BCUT2D eigenvalue weighted by molar-refractivity contribution is 7.99. The first kappa shape index (κ1) is 44.7. The van der Waals surface area contributed by atoms with Crippen LogP contribution >= 0.6 is 11.8 Å². The molecule has 0 saturated carbocycles. The number of nitrogens with zero attached hydrogens (tertiary/aromatic N) is 2. The van der Waals surface area contributed by atoms with Gasteiger partial charge in [-0.3, -0.25) is 34.2 Å². The number of piperidine rings is 1. The number of allylic oxidation sites excluding steroid dienone is 1. The summed E-state index contributed by atoms with van der Waals surface area (Å²) in [5, 5.41) is 12.1. The van der Waals surface area contributed by atoms with Gasteiger partial charge >= 0.3 is 0 Å². The van der Waals surface area contributed by atoms with E-state index in [0.717, 1.165) is 33.6 Å². The zero-order valence-electron chi connectivity index (χ0n) is 34.4. The topological polar surface area (TPSA) is 161 Å². The highest BCUT2D eigenvalue weighted by atomic mass is 32.2. The number of ether oxygens (including phenoxy) is 4. The van der Waals surface area contributed by atoms with Gasteiger partial charge in [0.15, 0.2) is 0 Å². The predicted molar refractivity (Wildman–Crippen MR) is 231 cm³/mol. The van der Waals surface area contributed by atoms with Crippen molar-refractivity contribution in [1.82, 2.24) is 15.1 Å². The molecule has 13 nitrogen and oxygen atoms in total. The molecule has 0 bridgehead atoms. The average Bonchev–Trinajstić information content (AvgIpc) is 3.52. The molecule has 4 aromatic carbocycles. The van der Waals surface area contributed by atoms with Gasteiger partial charge < -0.3 is 29.0 Å². The molecule has 5 amide bonds. The van der Waals surface area contributed by atoms with Crippen LogP contribution in [0.4, 0.5) is 0 Å². The number of fused-ring (bicyclic) bond motifs is 1. The van der Waals surface area contributed by atoms with Crippen LogP contribution in [0.2, 0.25) is 0 Å². The number of phenolic OH excluding ortho intramolecular Hbond substituents is 1. The molecular weight excluding hydrogens is 799 g/mol. The number of benzene rings is 4. The molecule has 320 valence electrons. The smallest absolute Gasteiger partial charge is 0.263 e. The third kappa shape index (κ3) is 11.7. The number of phenols is 1. The first-order chi connectivity index (χ1) is 29.7. The Labute approximate surface area is 360 Å². The monoisotopic (exact) mass is 849 g/mol. The van der Waals surface area contributed by atoms with E-state index in [2.05, 4.69) is 24.4 Å². The van der Waals surface area contributed by atoms with E-state index in [-0.39, 0.29) is 48.7 Å². The fraction of sp³-hybridized carbons (Fsp3) is 0.340. The lowest BCUT2D eigenvalue weighted by Gasteiger charge is -2.27. The molecule has 2 N–H and O–H groups in total. The summed E-state index contributed by atoms with van der Waals surface area (Å²) in [4.78, 5) is 66.1. The van der Waals surface area contributed by atoms with Crippen LogP contribution < -0.4 is 10.1 Å². The van der Waals surface area contributed by atoms with Crippen LogP contribution in [-0.2, 0) is 28.6 Å². The Morgan fingerprint density at radius 3 is 2.10 bits per heavy atom. The molecule has 1 atom stereocenters. The summed E-state index contributed by atoms with van der Waals surface area (Å²) < 4.78 is 22.8. The van der Waals surface area contributed by atoms with E-state index in [0.29, 0.717) is 62.6 Å². The van der Waals surface area contributed by atoms with Crippen LogP contribution in [0.15, 0.2) is 102 Å². The van der Waals surface area contributed by atoms with Crippen molar-refractivity contribution in [3.05, 3.63) is 125 Å². The van der Waals surface area contributed by atoms with Crippen molar-refractivity contribution in [3.63, 3.8) is 0 Å². The number of thioether (sulfide) groups is 1. The summed E-state index contributed by atoms with van der Waals surface area (Å²) in [6.07, 6.45) is 1.23. The Hall–Kier alpha value is -5.80. The number of imide groups is 2. The number of nitrogens with one attached hydrogen (secondary N) is 1. The number of likely N-dealkylation sites (N-methyl/N-ethyl adjacent to an activating group) is 1. The summed E-state index contributed by atoms with van der Waals surface area (Å²) in [7, 11) is 1.74. The SMILES string of the molecule is CC/C(=C(\c1ccc(O)cc1)c1ccc(OCCN(C)C(=O)CCOCCOCCOCCSc2cccc3c2C(=O)N(C2CCC(=O)NC2=O)C3=O)cc1)c1ccccc1. The average molecular weight is 850 g/mol. The fourth-order valence-corrected chi connectivity index (χ4v) is 8.10. The summed E-state index contributed by atoms with van der Waals surface area (Å²) in [5.74, 6) is -0.725. The van der Waals surface area contributed by atoms with Crippen LogP contribution in [-0.4, -0.2) is 116 Å². The molecule has 0 aromatic heterocycles. The van der Waals surface area contributed by atoms with Crippen molar-refractivity contribution in [1.29, 1.82) is 0 Å². The largest absolute Gasteiger partial charge is 0.508 e. The van der Waals surface area contributed by atoms with Gasteiger partial charge in [0, 0.05) is 24.1 Å². The highest BCUT2D eigenvalue weighted by Crippen LogP contribution is 2.36.